The third kappa shape index (κ3) is 2.42. The van der Waals surface area contributed by atoms with E-state index in [1.54, 1.807) is 17.1 Å². The van der Waals surface area contributed by atoms with E-state index in [0.717, 1.165) is 11.4 Å². The van der Waals surface area contributed by atoms with E-state index in [9.17, 15) is 4.79 Å². The van der Waals surface area contributed by atoms with Crippen molar-refractivity contribution in [1.82, 2.24) is 24.5 Å². The average molecular weight is 253 g/mol. The van der Waals surface area contributed by atoms with Crippen LogP contribution in [0.3, 0.4) is 0 Å². The molecule has 0 aliphatic carbocycles. The first-order valence-electron chi connectivity index (χ1n) is 5.80. The van der Waals surface area contributed by atoms with Gasteiger partial charge in [-0.15, -0.1) is 5.10 Å². The van der Waals surface area contributed by atoms with Crippen molar-refractivity contribution in [3.63, 3.8) is 0 Å². The second kappa shape index (κ2) is 4.85. The van der Waals surface area contributed by atoms with Crippen LogP contribution in [0, 0.1) is 0 Å². The number of aromatic nitrogens is 5. The van der Waals surface area contributed by atoms with Crippen LogP contribution in [0.15, 0.2) is 59.9 Å². The largest absolute Gasteiger partial charge is 0.307 e. The average Bonchev–Trinajstić information content (AvgIpc) is 2.91. The van der Waals surface area contributed by atoms with Gasteiger partial charge in [0.25, 0.3) is 5.56 Å². The summed E-state index contributed by atoms with van der Waals surface area (Å²) in [5.41, 5.74) is 1.50. The van der Waals surface area contributed by atoms with Crippen molar-refractivity contribution in [2.45, 2.75) is 6.54 Å². The Hall–Kier alpha value is -2.76. The fourth-order valence-corrected chi connectivity index (χ4v) is 1.76. The summed E-state index contributed by atoms with van der Waals surface area (Å²) in [5, 5.41) is 8.11. The van der Waals surface area contributed by atoms with Gasteiger partial charge in [-0.3, -0.25) is 9.78 Å². The Morgan fingerprint density at radius 3 is 2.79 bits per heavy atom. The van der Waals surface area contributed by atoms with E-state index in [4.69, 9.17) is 0 Å². The number of benzene rings is 1. The lowest BCUT2D eigenvalue weighted by Crippen LogP contribution is -2.19. The van der Waals surface area contributed by atoms with Crippen LogP contribution in [0.5, 0.6) is 0 Å². The fourth-order valence-electron chi connectivity index (χ4n) is 1.76. The maximum atomic E-state index is 11.5. The van der Waals surface area contributed by atoms with Crippen LogP contribution < -0.4 is 5.56 Å². The van der Waals surface area contributed by atoms with E-state index < -0.39 is 0 Å². The molecule has 0 amide bonds. The summed E-state index contributed by atoms with van der Waals surface area (Å²) in [5.74, 6) is 0. The monoisotopic (exact) mass is 253 g/mol. The van der Waals surface area contributed by atoms with E-state index in [2.05, 4.69) is 15.3 Å². The smallest absolute Gasteiger partial charge is 0.269 e. The van der Waals surface area contributed by atoms with Crippen LogP contribution in [-0.2, 0) is 6.54 Å². The Balaban J connectivity index is 1.87. The molecule has 0 fully saturated rings. The number of nitrogens with zero attached hydrogens (tertiary/aromatic N) is 5. The Morgan fingerprint density at radius 2 is 2.00 bits per heavy atom. The van der Waals surface area contributed by atoms with E-state index in [-0.39, 0.29) is 5.56 Å². The molecule has 0 radical (unpaired) electrons. The van der Waals surface area contributed by atoms with E-state index in [1.165, 1.54) is 10.8 Å². The summed E-state index contributed by atoms with van der Waals surface area (Å²) >= 11 is 0. The van der Waals surface area contributed by atoms with Crippen molar-refractivity contribution in [3.05, 3.63) is 71.2 Å². The Bertz CT molecular complexity index is 732. The number of hydrogen-bond acceptors (Lipinski definition) is 4. The first-order chi connectivity index (χ1) is 9.33. The van der Waals surface area contributed by atoms with E-state index in [1.807, 2.05) is 36.5 Å². The lowest BCUT2D eigenvalue weighted by atomic mass is 10.3. The van der Waals surface area contributed by atoms with Crippen molar-refractivity contribution >= 4 is 0 Å². The lowest BCUT2D eigenvalue weighted by molar-refractivity contribution is 0.722. The Morgan fingerprint density at radius 1 is 1.16 bits per heavy atom. The van der Waals surface area contributed by atoms with Gasteiger partial charge in [0.2, 0.25) is 0 Å². The Kier molecular flexibility index (Phi) is 2.89. The first kappa shape index (κ1) is 11.3. The molecule has 0 saturated carbocycles. The molecule has 6 heteroatoms. The van der Waals surface area contributed by atoms with Gasteiger partial charge in [0, 0.05) is 12.4 Å². The van der Waals surface area contributed by atoms with Gasteiger partial charge in [0.15, 0.2) is 0 Å². The second-order valence-corrected chi connectivity index (χ2v) is 4.03. The zero-order chi connectivity index (χ0) is 13.1. The molecule has 94 valence electrons. The molecule has 3 rings (SSSR count). The molecule has 0 atom stereocenters. The number of hydrogen-bond donors (Lipinski definition) is 0. The van der Waals surface area contributed by atoms with Gasteiger partial charge in [-0.05, 0) is 12.1 Å². The molecule has 0 N–H and O–H groups in total. The van der Waals surface area contributed by atoms with Crippen LogP contribution >= 0.6 is 0 Å². The minimum absolute atomic E-state index is 0.156. The van der Waals surface area contributed by atoms with Crippen molar-refractivity contribution in [2.24, 2.45) is 0 Å². The third-order valence-electron chi connectivity index (χ3n) is 2.69. The molecular formula is C13H11N5O. The molecule has 0 saturated heterocycles. The van der Waals surface area contributed by atoms with Crippen LogP contribution in [0.4, 0.5) is 0 Å². The molecule has 1 aromatic carbocycles. The number of para-hydroxylation sites is 1. The highest BCUT2D eigenvalue weighted by atomic mass is 16.1. The van der Waals surface area contributed by atoms with Gasteiger partial charge in [-0.1, -0.05) is 23.4 Å². The van der Waals surface area contributed by atoms with Crippen LogP contribution in [-0.4, -0.2) is 24.5 Å². The van der Waals surface area contributed by atoms with E-state index >= 15 is 0 Å². The van der Waals surface area contributed by atoms with Gasteiger partial charge in [-0.25, -0.2) is 4.68 Å². The molecule has 0 aliphatic rings. The summed E-state index contributed by atoms with van der Waals surface area (Å²) in [6.45, 7) is 0.383. The third-order valence-corrected chi connectivity index (χ3v) is 2.69. The maximum Gasteiger partial charge on any atom is 0.269 e. The summed E-state index contributed by atoms with van der Waals surface area (Å²) < 4.78 is 3.22. The SMILES string of the molecule is O=c1cnccn1Cc1cn(-c2ccccc2)nn1. The molecule has 2 heterocycles. The molecule has 0 aliphatic heterocycles. The summed E-state index contributed by atoms with van der Waals surface area (Å²) in [6.07, 6.45) is 6.29. The van der Waals surface area contributed by atoms with Gasteiger partial charge in [0.1, 0.15) is 5.69 Å². The van der Waals surface area contributed by atoms with Gasteiger partial charge < -0.3 is 4.57 Å². The first-order valence-corrected chi connectivity index (χ1v) is 5.80. The van der Waals surface area contributed by atoms with Gasteiger partial charge >= 0.3 is 0 Å². The molecular weight excluding hydrogens is 242 g/mol. The summed E-state index contributed by atoms with van der Waals surface area (Å²) in [7, 11) is 0. The minimum Gasteiger partial charge on any atom is -0.307 e. The Labute approximate surface area is 109 Å². The van der Waals surface area contributed by atoms with Gasteiger partial charge in [-0.2, -0.15) is 0 Å². The van der Waals surface area contributed by atoms with Gasteiger partial charge in [0.05, 0.1) is 24.6 Å². The standard InChI is InChI=1S/C13H11N5O/c19-13-8-14-6-7-17(13)9-11-10-18(16-15-11)12-4-2-1-3-5-12/h1-8,10H,9H2. The summed E-state index contributed by atoms with van der Waals surface area (Å²) in [6, 6.07) is 9.69. The topological polar surface area (TPSA) is 65.6 Å². The van der Waals surface area contributed by atoms with Crippen LogP contribution in [0.2, 0.25) is 0 Å². The molecule has 6 nitrogen and oxygen atoms in total. The quantitative estimate of drug-likeness (QED) is 0.694. The molecule has 0 unspecified atom stereocenters. The van der Waals surface area contributed by atoms with Crippen molar-refractivity contribution in [2.75, 3.05) is 0 Å². The second-order valence-electron chi connectivity index (χ2n) is 4.03. The van der Waals surface area contributed by atoms with Crippen LogP contribution in [0.1, 0.15) is 5.69 Å². The normalized spacial score (nSPS) is 10.5. The fraction of sp³-hybridized carbons (Fsp3) is 0.0769. The zero-order valence-electron chi connectivity index (χ0n) is 10.0. The predicted octanol–water partition coefficient (Wildman–Crippen LogP) is 0.872. The molecule has 2 aromatic heterocycles. The van der Waals surface area contributed by atoms with E-state index in [0.29, 0.717) is 6.54 Å². The van der Waals surface area contributed by atoms with Crippen molar-refractivity contribution < 1.29 is 0 Å². The highest BCUT2D eigenvalue weighted by molar-refractivity contribution is 5.29. The predicted molar refractivity (Wildman–Crippen MR) is 69.0 cm³/mol. The molecule has 0 bridgehead atoms. The highest BCUT2D eigenvalue weighted by Gasteiger charge is 2.04. The zero-order valence-corrected chi connectivity index (χ0v) is 10.0. The highest BCUT2D eigenvalue weighted by Crippen LogP contribution is 2.06. The summed E-state index contributed by atoms with van der Waals surface area (Å²) in [4.78, 5) is 15.3. The molecule has 3 aromatic rings. The minimum atomic E-state index is -0.156. The van der Waals surface area contributed by atoms with Crippen molar-refractivity contribution in [3.8, 4) is 5.69 Å². The van der Waals surface area contributed by atoms with Crippen LogP contribution in [0.25, 0.3) is 5.69 Å². The number of rotatable bonds is 3. The lowest BCUT2D eigenvalue weighted by Gasteiger charge is -2.00. The molecule has 19 heavy (non-hydrogen) atoms. The molecule has 0 spiro atoms. The maximum absolute atomic E-state index is 11.5. The van der Waals surface area contributed by atoms with Crippen molar-refractivity contribution in [1.29, 1.82) is 0 Å².